The highest BCUT2D eigenvalue weighted by Crippen LogP contribution is 2.31. The number of benzene rings is 1. The van der Waals surface area contributed by atoms with Gasteiger partial charge in [-0.2, -0.15) is 4.98 Å². The molecule has 1 fully saturated rings. The van der Waals surface area contributed by atoms with Crippen LogP contribution in [-0.2, 0) is 11.3 Å². The minimum atomic E-state index is -0.241. The van der Waals surface area contributed by atoms with Crippen LogP contribution in [0.3, 0.4) is 0 Å². The van der Waals surface area contributed by atoms with Crippen LogP contribution in [0.5, 0.6) is 11.5 Å². The van der Waals surface area contributed by atoms with Crippen LogP contribution >= 0.6 is 23.1 Å². The van der Waals surface area contributed by atoms with Crippen molar-refractivity contribution in [1.82, 2.24) is 14.5 Å². The molecule has 1 aliphatic heterocycles. The van der Waals surface area contributed by atoms with E-state index in [1.165, 1.54) is 30.2 Å². The van der Waals surface area contributed by atoms with Gasteiger partial charge in [-0.1, -0.05) is 23.1 Å². The Hall–Kier alpha value is -2.79. The van der Waals surface area contributed by atoms with Crippen LogP contribution in [0.15, 0.2) is 28.2 Å². The normalized spacial score (nSPS) is 13.5. The van der Waals surface area contributed by atoms with Gasteiger partial charge in [0.15, 0.2) is 15.9 Å². The smallest absolute Gasteiger partial charge is 0.273 e. The van der Waals surface area contributed by atoms with Crippen LogP contribution in [0.4, 0.5) is 10.8 Å². The number of hydrogen-bond donors (Lipinski definition) is 1. The molecule has 3 heterocycles. The maximum absolute atomic E-state index is 13.0. The topological polar surface area (TPSA) is 98.6 Å². The highest BCUT2D eigenvalue weighted by Gasteiger charge is 2.21. The van der Waals surface area contributed by atoms with Gasteiger partial charge in [0, 0.05) is 25.7 Å². The van der Waals surface area contributed by atoms with Crippen molar-refractivity contribution in [1.29, 1.82) is 0 Å². The fraction of sp³-hybridized carbons (Fsp3) is 0.429. The summed E-state index contributed by atoms with van der Waals surface area (Å²) in [5.74, 6) is 0.986. The first-order valence-electron chi connectivity index (χ1n) is 10.3. The van der Waals surface area contributed by atoms with Gasteiger partial charge in [0.2, 0.25) is 5.91 Å². The van der Waals surface area contributed by atoms with Gasteiger partial charge in [-0.05, 0) is 31.9 Å². The fourth-order valence-corrected chi connectivity index (χ4v) is 5.40. The van der Waals surface area contributed by atoms with Gasteiger partial charge < -0.3 is 19.7 Å². The van der Waals surface area contributed by atoms with E-state index in [-0.39, 0.29) is 17.2 Å². The van der Waals surface area contributed by atoms with Crippen LogP contribution in [0.2, 0.25) is 0 Å². The lowest BCUT2D eigenvalue weighted by Crippen LogP contribution is -2.23. The molecule has 0 unspecified atom stereocenters. The lowest BCUT2D eigenvalue weighted by Gasteiger charge is -2.12. The summed E-state index contributed by atoms with van der Waals surface area (Å²) in [6.07, 6.45) is 2.27. The van der Waals surface area contributed by atoms with Crippen molar-refractivity contribution in [3.8, 4) is 11.5 Å². The summed E-state index contributed by atoms with van der Waals surface area (Å²) in [5, 5.41) is 4.16. The van der Waals surface area contributed by atoms with E-state index < -0.39 is 0 Å². The average molecular weight is 476 g/mol. The van der Waals surface area contributed by atoms with Gasteiger partial charge in [-0.15, -0.1) is 0 Å². The number of ether oxygens (including phenoxy) is 2. The number of rotatable bonds is 8. The number of fused-ring (bicyclic) bond motifs is 1. The standard InChI is InChI=1S/C21H25N5O4S2/c1-4-26-19(28)17-18(23-20(32-17)25-9-5-6-10-25)24-21(26)31-12-16(27)22-14-11-13(29-2)7-8-15(14)30-3/h7-8,11H,4-6,9-10,12H2,1-3H3,(H,22,27). The SMILES string of the molecule is CCn1c(SCC(=O)Nc2cc(OC)ccc2OC)nc2nc(N3CCCC3)sc2c1=O. The Morgan fingerprint density at radius 3 is 2.69 bits per heavy atom. The Morgan fingerprint density at radius 1 is 1.22 bits per heavy atom. The lowest BCUT2D eigenvalue weighted by atomic mass is 10.2. The van der Waals surface area contributed by atoms with Crippen molar-refractivity contribution in [2.45, 2.75) is 31.5 Å². The first-order chi connectivity index (χ1) is 15.5. The third-order valence-electron chi connectivity index (χ3n) is 5.18. The van der Waals surface area contributed by atoms with Gasteiger partial charge in [0.05, 0.1) is 25.7 Å². The summed E-state index contributed by atoms with van der Waals surface area (Å²) in [6.45, 7) is 4.27. The lowest BCUT2D eigenvalue weighted by molar-refractivity contribution is -0.113. The number of anilines is 2. The van der Waals surface area contributed by atoms with Crippen LogP contribution in [-0.4, -0.2) is 53.5 Å². The number of amides is 1. The van der Waals surface area contributed by atoms with E-state index in [0.29, 0.717) is 39.2 Å². The zero-order chi connectivity index (χ0) is 22.7. The summed E-state index contributed by atoms with van der Waals surface area (Å²) >= 11 is 2.61. The molecule has 0 radical (unpaired) electrons. The van der Waals surface area contributed by atoms with Crippen LogP contribution in [0, 0.1) is 0 Å². The molecule has 3 aromatic rings. The van der Waals surface area contributed by atoms with E-state index in [9.17, 15) is 9.59 Å². The summed E-state index contributed by atoms with van der Waals surface area (Å²) in [5.41, 5.74) is 0.852. The molecule has 1 saturated heterocycles. The highest BCUT2D eigenvalue weighted by atomic mass is 32.2. The quantitative estimate of drug-likeness (QED) is 0.392. The van der Waals surface area contributed by atoms with E-state index in [0.717, 1.165) is 31.1 Å². The van der Waals surface area contributed by atoms with Crippen molar-refractivity contribution < 1.29 is 14.3 Å². The molecule has 0 atom stereocenters. The molecule has 0 bridgehead atoms. The first kappa shape index (κ1) is 22.4. The zero-order valence-corrected chi connectivity index (χ0v) is 19.8. The second-order valence-corrected chi connectivity index (χ2v) is 9.11. The zero-order valence-electron chi connectivity index (χ0n) is 18.2. The minimum absolute atomic E-state index is 0.0848. The van der Waals surface area contributed by atoms with Gasteiger partial charge >= 0.3 is 0 Å². The molecule has 32 heavy (non-hydrogen) atoms. The van der Waals surface area contributed by atoms with E-state index in [2.05, 4.69) is 20.2 Å². The van der Waals surface area contributed by atoms with Gasteiger partial charge in [-0.25, -0.2) is 4.98 Å². The minimum Gasteiger partial charge on any atom is -0.497 e. The molecule has 2 aromatic heterocycles. The molecule has 11 heteroatoms. The molecule has 1 N–H and O–H groups in total. The van der Waals surface area contributed by atoms with Crippen LogP contribution in [0.25, 0.3) is 10.3 Å². The number of carbonyl (C=O) groups is 1. The van der Waals surface area contributed by atoms with Crippen molar-refractivity contribution in [2.24, 2.45) is 0 Å². The Labute approximate surface area is 193 Å². The molecule has 1 amide bonds. The fourth-order valence-electron chi connectivity index (χ4n) is 3.54. The van der Waals surface area contributed by atoms with Gasteiger partial charge in [0.1, 0.15) is 16.2 Å². The predicted octanol–water partition coefficient (Wildman–Crippen LogP) is 3.22. The average Bonchev–Trinajstić information content (AvgIpc) is 3.47. The molecular weight excluding hydrogens is 450 g/mol. The molecule has 1 aromatic carbocycles. The van der Waals surface area contributed by atoms with Crippen molar-refractivity contribution in [3.63, 3.8) is 0 Å². The molecule has 4 rings (SSSR count). The summed E-state index contributed by atoms with van der Waals surface area (Å²) < 4.78 is 12.7. The number of carbonyl (C=O) groups excluding carboxylic acids is 1. The number of hydrogen-bond acceptors (Lipinski definition) is 9. The van der Waals surface area contributed by atoms with E-state index in [4.69, 9.17) is 9.47 Å². The maximum atomic E-state index is 13.0. The third-order valence-corrected chi connectivity index (χ3v) is 7.25. The summed E-state index contributed by atoms with van der Waals surface area (Å²) in [4.78, 5) is 37.1. The molecule has 1 aliphatic rings. The molecule has 9 nitrogen and oxygen atoms in total. The number of thiazole rings is 1. The number of thioether (sulfide) groups is 1. The van der Waals surface area contributed by atoms with E-state index in [1.807, 2.05) is 6.92 Å². The number of nitrogens with one attached hydrogen (secondary N) is 1. The highest BCUT2D eigenvalue weighted by molar-refractivity contribution is 7.99. The molecule has 170 valence electrons. The van der Waals surface area contributed by atoms with Crippen molar-refractivity contribution in [2.75, 3.05) is 43.3 Å². The predicted molar refractivity (Wildman–Crippen MR) is 128 cm³/mol. The number of methoxy groups -OCH3 is 2. The Kier molecular flexibility index (Phi) is 6.85. The van der Waals surface area contributed by atoms with Gasteiger partial charge in [0.25, 0.3) is 5.56 Å². The third kappa shape index (κ3) is 4.53. The van der Waals surface area contributed by atoms with Crippen molar-refractivity contribution in [3.05, 3.63) is 28.6 Å². The summed E-state index contributed by atoms with van der Waals surface area (Å²) in [6, 6.07) is 5.18. The number of aromatic nitrogens is 3. The molecule has 0 saturated carbocycles. The second kappa shape index (κ2) is 9.78. The molecular formula is C21H25N5O4S2. The Balaban J connectivity index is 1.53. The van der Waals surface area contributed by atoms with Crippen LogP contribution in [0.1, 0.15) is 19.8 Å². The Morgan fingerprint density at radius 2 is 2.00 bits per heavy atom. The van der Waals surface area contributed by atoms with Crippen molar-refractivity contribution >= 4 is 50.2 Å². The molecule has 0 aliphatic carbocycles. The first-order valence-corrected chi connectivity index (χ1v) is 12.1. The van der Waals surface area contributed by atoms with Crippen LogP contribution < -0.4 is 25.2 Å². The monoisotopic (exact) mass is 475 g/mol. The van der Waals surface area contributed by atoms with E-state index in [1.54, 1.807) is 29.9 Å². The molecule has 0 spiro atoms. The Bertz CT molecular complexity index is 1190. The number of nitrogens with zero attached hydrogens (tertiary/aromatic N) is 4. The second-order valence-electron chi connectivity index (χ2n) is 7.19. The summed E-state index contributed by atoms with van der Waals surface area (Å²) in [7, 11) is 3.10. The van der Waals surface area contributed by atoms with Gasteiger partial charge in [-0.3, -0.25) is 14.2 Å². The van der Waals surface area contributed by atoms with E-state index >= 15 is 0 Å². The maximum Gasteiger partial charge on any atom is 0.273 e. The largest absolute Gasteiger partial charge is 0.497 e.